The number of rotatable bonds is 4. The molecule has 0 spiro atoms. The van der Waals surface area contributed by atoms with Crippen molar-refractivity contribution in [1.29, 1.82) is 5.26 Å². The van der Waals surface area contributed by atoms with Crippen LogP contribution in [0.3, 0.4) is 0 Å². The fourth-order valence-electron chi connectivity index (χ4n) is 2.99. The summed E-state index contributed by atoms with van der Waals surface area (Å²) in [6.07, 6.45) is 0. The highest BCUT2D eigenvalue weighted by atomic mass is 16.5. The van der Waals surface area contributed by atoms with Crippen LogP contribution in [0.4, 0.5) is 0 Å². The number of benzene rings is 2. The third kappa shape index (κ3) is 2.68. The molecule has 1 atom stereocenters. The smallest absolute Gasteiger partial charge is 0.144 e. The molecule has 3 N–H and O–H groups in total. The molecule has 2 aromatic carbocycles. The first-order valence-electron chi connectivity index (χ1n) is 7.49. The highest BCUT2D eigenvalue weighted by Gasteiger charge is 2.38. The van der Waals surface area contributed by atoms with Crippen molar-refractivity contribution >= 4 is 0 Å². The zero-order valence-electron chi connectivity index (χ0n) is 12.6. The molecule has 1 aliphatic heterocycles. The minimum absolute atomic E-state index is 0.0146. The Bertz CT molecular complexity index is 754. The molecule has 1 heterocycles. The highest BCUT2D eigenvalue weighted by molar-refractivity contribution is 5.56. The quantitative estimate of drug-likeness (QED) is 0.741. The van der Waals surface area contributed by atoms with Crippen molar-refractivity contribution in [1.82, 2.24) is 5.32 Å². The van der Waals surface area contributed by atoms with E-state index in [0.29, 0.717) is 30.0 Å². The van der Waals surface area contributed by atoms with Gasteiger partial charge in [-0.2, -0.15) is 5.26 Å². The number of nitrogens with zero attached hydrogens (tertiary/aromatic N) is 1. The molecule has 0 amide bonds. The normalized spacial score (nSPS) is 19.0. The summed E-state index contributed by atoms with van der Waals surface area (Å²) < 4.78 is 5.84. The summed E-state index contributed by atoms with van der Waals surface area (Å²) in [7, 11) is 0. The third-order valence-corrected chi connectivity index (χ3v) is 4.09. The Morgan fingerprint density at radius 3 is 2.74 bits per heavy atom. The van der Waals surface area contributed by atoms with Gasteiger partial charge in [0.2, 0.25) is 0 Å². The average molecular weight is 310 g/mol. The number of aliphatic hydroxyl groups is 2. The zero-order valence-corrected chi connectivity index (χ0v) is 12.6. The minimum Gasteiger partial charge on any atom is -0.487 e. The lowest BCUT2D eigenvalue weighted by Gasteiger charge is -2.30. The molecule has 0 aromatic heterocycles. The van der Waals surface area contributed by atoms with Crippen LogP contribution >= 0.6 is 0 Å². The van der Waals surface area contributed by atoms with E-state index in [2.05, 4.69) is 11.4 Å². The molecule has 0 saturated heterocycles. The summed E-state index contributed by atoms with van der Waals surface area (Å²) in [4.78, 5) is 0. The molecule has 1 unspecified atom stereocenters. The highest BCUT2D eigenvalue weighted by Crippen LogP contribution is 2.41. The predicted molar refractivity (Wildman–Crippen MR) is 84.9 cm³/mol. The molecule has 2 aromatic rings. The second-order valence-electron chi connectivity index (χ2n) is 5.50. The van der Waals surface area contributed by atoms with Gasteiger partial charge in [-0.1, -0.05) is 36.4 Å². The lowest BCUT2D eigenvalue weighted by atomic mass is 9.83. The second kappa shape index (κ2) is 6.39. The molecule has 5 nitrogen and oxygen atoms in total. The van der Waals surface area contributed by atoms with Crippen molar-refractivity contribution in [3.63, 3.8) is 0 Å². The fraction of sp³-hybridized carbons (Fsp3) is 0.278. The summed E-state index contributed by atoms with van der Waals surface area (Å²) >= 11 is 0. The first-order valence-corrected chi connectivity index (χ1v) is 7.49. The zero-order chi connectivity index (χ0) is 16.3. The van der Waals surface area contributed by atoms with Gasteiger partial charge in [-0.3, -0.25) is 0 Å². The topological polar surface area (TPSA) is 85.5 Å². The number of nitriles is 1. The summed E-state index contributed by atoms with van der Waals surface area (Å²) in [5.41, 5.74) is 1.26. The molecule has 0 aliphatic carbocycles. The van der Waals surface area contributed by atoms with Crippen LogP contribution in [0.1, 0.15) is 22.3 Å². The monoisotopic (exact) mass is 310 g/mol. The van der Waals surface area contributed by atoms with E-state index in [4.69, 9.17) is 9.84 Å². The van der Waals surface area contributed by atoms with Crippen LogP contribution in [0.5, 0.6) is 5.75 Å². The predicted octanol–water partition coefficient (Wildman–Crippen LogP) is 1.27. The van der Waals surface area contributed by atoms with Gasteiger partial charge in [0.15, 0.2) is 0 Å². The van der Waals surface area contributed by atoms with E-state index in [9.17, 15) is 10.4 Å². The molecule has 1 aliphatic rings. The first kappa shape index (κ1) is 15.5. The average Bonchev–Trinajstić information content (AvgIpc) is 2.71. The fourth-order valence-corrected chi connectivity index (χ4v) is 2.99. The Hall–Kier alpha value is -2.39. The van der Waals surface area contributed by atoms with Crippen LogP contribution in [0.15, 0.2) is 42.5 Å². The molecule has 0 radical (unpaired) electrons. The third-order valence-electron chi connectivity index (χ3n) is 4.09. The molecule has 118 valence electrons. The van der Waals surface area contributed by atoms with Gasteiger partial charge in [0.1, 0.15) is 24.0 Å². The number of ether oxygens (including phenoxy) is 1. The maximum absolute atomic E-state index is 11.5. The van der Waals surface area contributed by atoms with Crippen molar-refractivity contribution < 1.29 is 14.9 Å². The van der Waals surface area contributed by atoms with Gasteiger partial charge in [-0.15, -0.1) is 0 Å². The molecular formula is C18H18N2O3. The molecular weight excluding hydrogens is 292 g/mol. The van der Waals surface area contributed by atoms with Crippen molar-refractivity contribution in [2.24, 2.45) is 0 Å². The Morgan fingerprint density at radius 1 is 1.17 bits per heavy atom. The van der Waals surface area contributed by atoms with Crippen LogP contribution in [0, 0.1) is 11.3 Å². The van der Waals surface area contributed by atoms with E-state index in [1.165, 1.54) is 0 Å². The Balaban J connectivity index is 2.17. The van der Waals surface area contributed by atoms with Gasteiger partial charge >= 0.3 is 0 Å². The molecule has 0 bridgehead atoms. The number of fused-ring (bicyclic) bond motifs is 2. The first-order chi connectivity index (χ1) is 11.2. The van der Waals surface area contributed by atoms with Gasteiger partial charge in [-0.05, 0) is 17.2 Å². The number of hydrogen-bond donors (Lipinski definition) is 3. The van der Waals surface area contributed by atoms with Crippen LogP contribution in [0.25, 0.3) is 0 Å². The Morgan fingerprint density at radius 2 is 1.96 bits per heavy atom. The van der Waals surface area contributed by atoms with Gasteiger partial charge < -0.3 is 20.3 Å². The lowest BCUT2D eigenvalue weighted by molar-refractivity contribution is 0.0779. The van der Waals surface area contributed by atoms with Crippen molar-refractivity contribution in [3.05, 3.63) is 64.7 Å². The number of nitrogens with one attached hydrogen (secondary N) is 1. The van der Waals surface area contributed by atoms with Crippen molar-refractivity contribution in [2.75, 3.05) is 19.7 Å². The molecule has 0 fully saturated rings. The van der Waals surface area contributed by atoms with Crippen LogP contribution < -0.4 is 10.1 Å². The van der Waals surface area contributed by atoms with E-state index in [1.807, 2.05) is 24.3 Å². The summed E-state index contributed by atoms with van der Waals surface area (Å²) in [5, 5.41) is 32.8. The SMILES string of the molecule is N#Cc1cccc2c1OCc1ccccc1C2(O)CNCCO. The number of para-hydroxylation sites is 1. The summed E-state index contributed by atoms with van der Waals surface area (Å²) in [5.74, 6) is 0.416. The van der Waals surface area contributed by atoms with E-state index < -0.39 is 5.60 Å². The second-order valence-corrected chi connectivity index (χ2v) is 5.50. The summed E-state index contributed by atoms with van der Waals surface area (Å²) in [6.45, 7) is 0.873. The minimum atomic E-state index is -1.33. The Kier molecular flexibility index (Phi) is 4.30. The van der Waals surface area contributed by atoms with Gasteiger partial charge in [0.05, 0.1) is 12.2 Å². The molecule has 0 saturated carbocycles. The van der Waals surface area contributed by atoms with E-state index >= 15 is 0 Å². The van der Waals surface area contributed by atoms with Crippen molar-refractivity contribution in [3.8, 4) is 11.8 Å². The van der Waals surface area contributed by atoms with E-state index in [-0.39, 0.29) is 13.2 Å². The molecule has 3 rings (SSSR count). The van der Waals surface area contributed by atoms with Crippen molar-refractivity contribution in [2.45, 2.75) is 12.2 Å². The standard InChI is InChI=1S/C18H18N2O3/c19-10-13-5-3-7-16-17(13)23-11-14-4-1-2-6-15(14)18(16,22)12-20-8-9-21/h1-7,20-22H,8-9,11-12H2. The largest absolute Gasteiger partial charge is 0.487 e. The van der Waals surface area contributed by atoms with E-state index in [0.717, 1.165) is 11.1 Å². The van der Waals surface area contributed by atoms with Crippen LogP contribution in [-0.4, -0.2) is 29.9 Å². The Labute approximate surface area is 134 Å². The van der Waals surface area contributed by atoms with Crippen LogP contribution in [0.2, 0.25) is 0 Å². The lowest BCUT2D eigenvalue weighted by Crippen LogP contribution is -2.40. The van der Waals surface area contributed by atoms with Gasteiger partial charge in [0, 0.05) is 18.7 Å². The number of hydrogen-bond acceptors (Lipinski definition) is 5. The maximum Gasteiger partial charge on any atom is 0.144 e. The molecule has 23 heavy (non-hydrogen) atoms. The number of aliphatic hydroxyl groups excluding tert-OH is 1. The van der Waals surface area contributed by atoms with Gasteiger partial charge in [-0.25, -0.2) is 0 Å². The maximum atomic E-state index is 11.5. The summed E-state index contributed by atoms with van der Waals surface area (Å²) in [6, 6.07) is 14.9. The van der Waals surface area contributed by atoms with Crippen LogP contribution in [-0.2, 0) is 12.2 Å². The van der Waals surface area contributed by atoms with Gasteiger partial charge in [0.25, 0.3) is 0 Å². The molecule has 5 heteroatoms. The van der Waals surface area contributed by atoms with E-state index in [1.54, 1.807) is 18.2 Å².